The van der Waals surface area contributed by atoms with E-state index in [4.69, 9.17) is 15.2 Å². The molecule has 0 bridgehead atoms. The van der Waals surface area contributed by atoms with E-state index in [1.165, 1.54) is 14.2 Å². The van der Waals surface area contributed by atoms with Crippen molar-refractivity contribution in [3.8, 4) is 11.8 Å². The number of hydrogen-bond donors (Lipinski definition) is 2. The van der Waals surface area contributed by atoms with Gasteiger partial charge in [0.2, 0.25) is 23.6 Å². The van der Waals surface area contributed by atoms with Gasteiger partial charge in [-0.25, -0.2) is 0 Å². The maximum atomic E-state index is 12.2. The summed E-state index contributed by atoms with van der Waals surface area (Å²) in [5.41, 5.74) is 5.99. The Kier molecular flexibility index (Phi) is 4.73. The largest absolute Gasteiger partial charge is 0.481 e. The highest BCUT2D eigenvalue weighted by atomic mass is 16.5. The molecule has 1 saturated carbocycles. The number of nitrogens with zero attached hydrogens (tertiary/aromatic N) is 2. The lowest BCUT2D eigenvalue weighted by Gasteiger charge is -2.27. The zero-order chi connectivity index (χ0) is 14.5. The molecule has 0 spiro atoms. The minimum absolute atomic E-state index is 0.101. The van der Waals surface area contributed by atoms with Gasteiger partial charge in [-0.2, -0.15) is 9.97 Å². The number of rotatable bonds is 4. The molecular formula is C13H20N4O3. The topological polar surface area (TPSA) is 99.4 Å². The second-order valence-electron chi connectivity index (χ2n) is 4.82. The molecule has 0 aliphatic heterocycles. The lowest BCUT2D eigenvalue weighted by Crippen LogP contribution is -2.41. The Balaban J connectivity index is 2.10. The molecule has 1 amide bonds. The van der Waals surface area contributed by atoms with Crippen LogP contribution in [0.4, 0.5) is 5.95 Å². The molecule has 7 nitrogen and oxygen atoms in total. The summed E-state index contributed by atoms with van der Waals surface area (Å²) in [5.74, 6) is 0.501. The third-order valence-electron chi connectivity index (χ3n) is 3.49. The van der Waals surface area contributed by atoms with Gasteiger partial charge in [-0.3, -0.25) is 10.1 Å². The highest BCUT2D eigenvalue weighted by Gasteiger charge is 2.28. The highest BCUT2D eigenvalue weighted by Crippen LogP contribution is 2.24. The monoisotopic (exact) mass is 280 g/mol. The summed E-state index contributed by atoms with van der Waals surface area (Å²) in [6, 6.07) is 1.44. The van der Waals surface area contributed by atoms with Crippen LogP contribution in [0.2, 0.25) is 0 Å². The molecule has 0 aromatic carbocycles. The molecule has 7 heteroatoms. The van der Waals surface area contributed by atoms with Gasteiger partial charge in [0.15, 0.2) is 0 Å². The van der Waals surface area contributed by atoms with Crippen molar-refractivity contribution in [3.63, 3.8) is 0 Å². The lowest BCUT2D eigenvalue weighted by molar-refractivity contribution is -0.121. The normalized spacial score (nSPS) is 22.1. The average Bonchev–Trinajstić information content (AvgIpc) is 2.47. The van der Waals surface area contributed by atoms with E-state index in [1.807, 2.05) is 0 Å². The molecule has 2 atom stereocenters. The van der Waals surface area contributed by atoms with E-state index in [-0.39, 0.29) is 23.8 Å². The number of carbonyl (C=O) groups excluding carboxylic acids is 1. The van der Waals surface area contributed by atoms with Crippen LogP contribution in [0.5, 0.6) is 11.8 Å². The molecule has 20 heavy (non-hydrogen) atoms. The van der Waals surface area contributed by atoms with Crippen molar-refractivity contribution < 1.29 is 14.3 Å². The second-order valence-corrected chi connectivity index (χ2v) is 4.82. The van der Waals surface area contributed by atoms with Gasteiger partial charge in [0.1, 0.15) is 0 Å². The molecule has 1 aromatic heterocycles. The predicted octanol–water partition coefficient (Wildman–Crippen LogP) is 0.950. The Bertz CT molecular complexity index is 458. The van der Waals surface area contributed by atoms with Gasteiger partial charge >= 0.3 is 0 Å². The molecule has 110 valence electrons. The number of nitrogens with one attached hydrogen (secondary N) is 1. The van der Waals surface area contributed by atoms with Gasteiger partial charge in [0, 0.05) is 6.04 Å². The Morgan fingerprint density at radius 1 is 1.25 bits per heavy atom. The number of amides is 1. The molecule has 2 rings (SSSR count). The molecule has 1 fully saturated rings. The summed E-state index contributed by atoms with van der Waals surface area (Å²) >= 11 is 0. The fraction of sp³-hybridized carbons (Fsp3) is 0.615. The molecular weight excluding hydrogens is 260 g/mol. The van der Waals surface area contributed by atoms with Gasteiger partial charge in [0.25, 0.3) is 0 Å². The fourth-order valence-electron chi connectivity index (χ4n) is 2.36. The number of ether oxygens (including phenoxy) is 2. The van der Waals surface area contributed by atoms with Crippen LogP contribution in [-0.4, -0.2) is 36.1 Å². The molecule has 0 radical (unpaired) electrons. The van der Waals surface area contributed by atoms with E-state index in [1.54, 1.807) is 6.07 Å². The Hall–Kier alpha value is -1.89. The van der Waals surface area contributed by atoms with Gasteiger partial charge in [-0.1, -0.05) is 12.8 Å². The first kappa shape index (κ1) is 14.5. The minimum atomic E-state index is -0.190. The molecule has 1 aliphatic carbocycles. The fourth-order valence-corrected chi connectivity index (χ4v) is 2.36. The van der Waals surface area contributed by atoms with Crippen molar-refractivity contribution in [2.24, 2.45) is 11.7 Å². The summed E-state index contributed by atoms with van der Waals surface area (Å²) in [7, 11) is 2.98. The highest BCUT2D eigenvalue weighted by molar-refractivity contribution is 5.91. The third kappa shape index (κ3) is 3.36. The van der Waals surface area contributed by atoms with Gasteiger partial charge in [-0.05, 0) is 12.8 Å². The van der Waals surface area contributed by atoms with Crippen LogP contribution in [0.15, 0.2) is 6.07 Å². The zero-order valence-corrected chi connectivity index (χ0v) is 11.8. The zero-order valence-electron chi connectivity index (χ0n) is 11.8. The summed E-state index contributed by atoms with van der Waals surface area (Å²) < 4.78 is 10.1. The molecule has 1 aliphatic rings. The van der Waals surface area contributed by atoms with E-state index in [0.717, 1.165) is 25.7 Å². The van der Waals surface area contributed by atoms with Crippen LogP contribution in [-0.2, 0) is 4.79 Å². The number of aromatic nitrogens is 2. The number of carbonyl (C=O) groups is 1. The first-order valence-corrected chi connectivity index (χ1v) is 6.67. The first-order chi connectivity index (χ1) is 9.63. The Morgan fingerprint density at radius 2 is 1.85 bits per heavy atom. The van der Waals surface area contributed by atoms with Crippen LogP contribution >= 0.6 is 0 Å². The van der Waals surface area contributed by atoms with E-state index < -0.39 is 0 Å². The van der Waals surface area contributed by atoms with Crippen molar-refractivity contribution in [1.82, 2.24) is 9.97 Å². The molecule has 1 heterocycles. The Morgan fingerprint density at radius 3 is 2.40 bits per heavy atom. The Labute approximate surface area is 117 Å². The molecule has 3 N–H and O–H groups in total. The van der Waals surface area contributed by atoms with Crippen LogP contribution in [0.25, 0.3) is 0 Å². The van der Waals surface area contributed by atoms with Crippen LogP contribution in [0, 0.1) is 5.92 Å². The molecule has 1 aromatic rings. The third-order valence-corrected chi connectivity index (χ3v) is 3.49. The summed E-state index contributed by atoms with van der Waals surface area (Å²) in [6.45, 7) is 0. The number of nitrogens with two attached hydrogens (primary N) is 1. The molecule has 0 saturated heterocycles. The van der Waals surface area contributed by atoms with Gasteiger partial charge in [-0.15, -0.1) is 0 Å². The lowest BCUT2D eigenvalue weighted by atomic mass is 9.84. The number of anilines is 1. The van der Waals surface area contributed by atoms with Gasteiger partial charge in [0.05, 0.1) is 26.2 Å². The standard InChI is InChI=1S/C13H20N4O3/c1-19-10-7-11(20-2)16-13(15-10)17-12(18)8-5-3-4-6-9(8)14/h7-9H,3-6,14H2,1-2H3,(H,15,16,17,18). The SMILES string of the molecule is COc1cc(OC)nc(NC(=O)C2CCCCC2N)n1. The summed E-state index contributed by atoms with van der Waals surface area (Å²) in [5, 5.41) is 2.69. The van der Waals surface area contributed by atoms with Gasteiger partial charge < -0.3 is 15.2 Å². The molecule has 2 unspecified atom stereocenters. The quantitative estimate of drug-likeness (QED) is 0.852. The average molecular weight is 280 g/mol. The predicted molar refractivity (Wildman–Crippen MR) is 73.7 cm³/mol. The maximum Gasteiger partial charge on any atom is 0.236 e. The van der Waals surface area contributed by atoms with E-state index in [0.29, 0.717) is 11.8 Å². The van der Waals surface area contributed by atoms with Crippen LogP contribution in [0.1, 0.15) is 25.7 Å². The summed E-state index contributed by atoms with van der Waals surface area (Å²) in [4.78, 5) is 20.4. The van der Waals surface area contributed by atoms with E-state index in [9.17, 15) is 4.79 Å². The number of methoxy groups -OCH3 is 2. The number of hydrogen-bond acceptors (Lipinski definition) is 6. The van der Waals surface area contributed by atoms with Crippen molar-refractivity contribution in [2.45, 2.75) is 31.7 Å². The van der Waals surface area contributed by atoms with Crippen molar-refractivity contribution in [1.29, 1.82) is 0 Å². The summed E-state index contributed by atoms with van der Waals surface area (Å²) in [6.07, 6.45) is 3.77. The van der Waals surface area contributed by atoms with Crippen molar-refractivity contribution in [3.05, 3.63) is 6.07 Å². The first-order valence-electron chi connectivity index (χ1n) is 6.67. The minimum Gasteiger partial charge on any atom is -0.481 e. The van der Waals surface area contributed by atoms with Crippen LogP contribution in [0.3, 0.4) is 0 Å². The van der Waals surface area contributed by atoms with Crippen LogP contribution < -0.4 is 20.5 Å². The van der Waals surface area contributed by atoms with E-state index >= 15 is 0 Å². The second kappa shape index (κ2) is 6.51. The smallest absolute Gasteiger partial charge is 0.236 e. The van der Waals surface area contributed by atoms with E-state index in [2.05, 4.69) is 15.3 Å². The van der Waals surface area contributed by atoms with Crippen molar-refractivity contribution >= 4 is 11.9 Å². The maximum absolute atomic E-state index is 12.2. The van der Waals surface area contributed by atoms with Crippen molar-refractivity contribution in [2.75, 3.05) is 19.5 Å².